The first-order valence-corrected chi connectivity index (χ1v) is 25.4. The van der Waals surface area contributed by atoms with E-state index in [1.165, 1.54) is 75.8 Å². The second kappa shape index (κ2) is 19.1. The van der Waals surface area contributed by atoms with Gasteiger partial charge in [0.25, 0.3) is 0 Å². The lowest BCUT2D eigenvalue weighted by atomic mass is 9.37. The topological polar surface area (TPSA) is 113 Å². The van der Waals surface area contributed by atoms with Gasteiger partial charge in [-0.15, -0.1) is 0 Å². The van der Waals surface area contributed by atoms with Crippen LogP contribution in [-0.2, 0) is 31.9 Å². The van der Waals surface area contributed by atoms with Crippen molar-refractivity contribution < 1.29 is 34.4 Å². The molecule has 3 N–H and O–H groups in total. The van der Waals surface area contributed by atoms with Gasteiger partial charge in [0.15, 0.2) is 0 Å². The number of ether oxygens (including phenoxy) is 2. The monoisotopic (exact) mass is 865 g/mol. The van der Waals surface area contributed by atoms with Crippen LogP contribution < -0.4 is 0 Å². The Bertz CT molecular complexity index is 1880. The van der Waals surface area contributed by atoms with Gasteiger partial charge in [-0.2, -0.15) is 0 Å². The zero-order valence-corrected chi connectivity index (χ0v) is 39.2. The van der Waals surface area contributed by atoms with Crippen LogP contribution in [0.3, 0.4) is 0 Å². The van der Waals surface area contributed by atoms with E-state index in [1.807, 2.05) is 6.92 Å². The summed E-state index contributed by atoms with van der Waals surface area (Å²) in [4.78, 5) is 25.3. The van der Waals surface area contributed by atoms with Crippen molar-refractivity contribution in [3.05, 3.63) is 83.4 Å². The summed E-state index contributed by atoms with van der Waals surface area (Å²) in [5, 5.41) is 39.7. The first-order valence-electron chi connectivity index (χ1n) is 25.4. The average Bonchev–Trinajstić information content (AvgIpc) is 4.00. The molecule has 7 heteroatoms. The van der Waals surface area contributed by atoms with Gasteiger partial charge < -0.3 is 24.8 Å². The minimum atomic E-state index is -1.49. The molecule has 0 amide bonds. The van der Waals surface area contributed by atoms with E-state index in [-0.39, 0.29) is 36.3 Å². The predicted molar refractivity (Wildman–Crippen MR) is 248 cm³/mol. The molecule has 0 aromatic heterocycles. The number of aliphatic hydroxyl groups excluding tert-OH is 2. The Morgan fingerprint density at radius 1 is 0.889 bits per heavy atom. The highest BCUT2D eigenvalue weighted by molar-refractivity contribution is 5.85. The number of aliphatic hydroxyl groups is 3. The molecular weight excluding hydrogens is 785 g/mol. The average molecular weight is 865 g/mol. The molecule has 0 radical (unpaired) electrons. The van der Waals surface area contributed by atoms with Gasteiger partial charge in [-0.3, -0.25) is 4.79 Å². The van der Waals surface area contributed by atoms with E-state index in [0.717, 1.165) is 62.9 Å². The third-order valence-corrected chi connectivity index (χ3v) is 19.1. The molecule has 7 nitrogen and oxygen atoms in total. The molecule has 1 unspecified atom stereocenters. The standard InChI is InChI=1S/C56H80O7/c1-39(14-13-19-42-15-7-5-8-16-42)20-23-48(58)56-49(59)27-30-52(4,51(56)47(63-41(3)57)34-40(2)55(56,61)33-24-44-35-50(60)62-37-44)45-25-31-53(32-26-45)36-46(54(38-53)28-11-12-29-54)22-21-43-17-9-6-10-18-43/h5-10,15-18,35,39-40,45-49,51,58-59,61H,11-14,19-34,36-38H2,1-4H3/t39-,40+,45?,46+,47-,48+,49+,51?,52+,53?,55-,56+/m1/s1. The van der Waals surface area contributed by atoms with Crippen LogP contribution in [0.4, 0.5) is 0 Å². The van der Waals surface area contributed by atoms with Gasteiger partial charge in [-0.05, 0) is 179 Å². The van der Waals surface area contributed by atoms with Crippen molar-refractivity contribution in [1.82, 2.24) is 0 Å². The number of esters is 2. The van der Waals surface area contributed by atoms with Crippen LogP contribution in [0.25, 0.3) is 0 Å². The number of benzene rings is 2. The molecule has 5 saturated carbocycles. The van der Waals surface area contributed by atoms with Crippen LogP contribution in [0.2, 0.25) is 0 Å². The van der Waals surface area contributed by atoms with Crippen LogP contribution in [-0.4, -0.2) is 57.8 Å². The summed E-state index contributed by atoms with van der Waals surface area (Å²) in [7, 11) is 0. The van der Waals surface area contributed by atoms with Crippen molar-refractivity contribution in [1.29, 1.82) is 0 Å². The number of cyclic esters (lactones) is 1. The molecule has 1 aliphatic heterocycles. The lowest BCUT2D eigenvalue weighted by Crippen LogP contribution is -2.77. The molecule has 8 rings (SSSR count). The Balaban J connectivity index is 1.08. The summed E-state index contributed by atoms with van der Waals surface area (Å²) >= 11 is 0. The lowest BCUT2D eigenvalue weighted by molar-refractivity contribution is -0.327. The third-order valence-electron chi connectivity index (χ3n) is 19.1. The van der Waals surface area contributed by atoms with Gasteiger partial charge in [-0.1, -0.05) is 101 Å². The van der Waals surface area contributed by atoms with Gasteiger partial charge in [-0.25, -0.2) is 4.79 Å². The van der Waals surface area contributed by atoms with E-state index in [2.05, 4.69) is 74.5 Å². The number of aryl methyl sites for hydroxylation is 2. The van der Waals surface area contributed by atoms with Gasteiger partial charge in [0, 0.05) is 18.9 Å². The smallest absolute Gasteiger partial charge is 0.331 e. The Hall–Kier alpha value is -3.00. The second-order valence-electron chi connectivity index (χ2n) is 22.6. The van der Waals surface area contributed by atoms with Crippen LogP contribution in [0, 0.1) is 51.2 Å². The summed E-state index contributed by atoms with van der Waals surface area (Å²) in [6.07, 6.45) is 20.9. The van der Waals surface area contributed by atoms with Crippen LogP contribution in [0.5, 0.6) is 0 Å². The van der Waals surface area contributed by atoms with E-state index in [0.29, 0.717) is 48.3 Å². The van der Waals surface area contributed by atoms with Crippen molar-refractivity contribution in [2.75, 3.05) is 6.61 Å². The lowest BCUT2D eigenvalue weighted by Gasteiger charge is -2.70. The summed E-state index contributed by atoms with van der Waals surface area (Å²) < 4.78 is 11.7. The normalized spacial score (nSPS) is 37.1. The Morgan fingerprint density at radius 2 is 1.56 bits per heavy atom. The molecule has 346 valence electrons. The first kappa shape index (κ1) is 46.5. The fraction of sp³-hybridized carbons (Fsp3) is 0.714. The SMILES string of the molecule is CC(=O)O[C@@H]1C[C@H](C)[C@](O)(CCC2=CC(=O)OC2)[C@]2([C@@H](O)CC[C@H](C)CCCc3ccccc3)C1[C@](C)(C1CCC3(CC1)C[C@H](CCc1ccccc1)C1(CCCC1)C3)CC[C@@H]2O. The minimum absolute atomic E-state index is 0.206. The third kappa shape index (κ3) is 9.12. The highest BCUT2D eigenvalue weighted by atomic mass is 16.5. The Kier molecular flexibility index (Phi) is 14.1. The number of rotatable bonds is 16. The second-order valence-corrected chi connectivity index (χ2v) is 22.6. The van der Waals surface area contributed by atoms with Crippen LogP contribution >= 0.6 is 0 Å². The maximum atomic E-state index is 13.7. The molecule has 2 aromatic rings. The summed E-state index contributed by atoms with van der Waals surface area (Å²) in [5.74, 6) is -0.113. The maximum absolute atomic E-state index is 13.7. The first-order chi connectivity index (χ1) is 30.2. The molecule has 5 fully saturated rings. The van der Waals surface area contributed by atoms with Gasteiger partial charge in [0.2, 0.25) is 0 Å². The maximum Gasteiger partial charge on any atom is 0.331 e. The molecule has 63 heavy (non-hydrogen) atoms. The van der Waals surface area contributed by atoms with E-state index in [4.69, 9.17) is 9.47 Å². The van der Waals surface area contributed by atoms with E-state index in [9.17, 15) is 24.9 Å². The fourth-order valence-corrected chi connectivity index (χ4v) is 16.0. The fourth-order valence-electron chi connectivity index (χ4n) is 16.0. The largest absolute Gasteiger partial charge is 0.462 e. The highest BCUT2D eigenvalue weighted by Gasteiger charge is 2.74. The molecule has 0 bridgehead atoms. The number of carbonyl (C=O) groups excluding carboxylic acids is 2. The van der Waals surface area contributed by atoms with Crippen molar-refractivity contribution >= 4 is 11.9 Å². The predicted octanol–water partition coefficient (Wildman–Crippen LogP) is 11.3. The Morgan fingerprint density at radius 3 is 2.19 bits per heavy atom. The molecule has 6 aliphatic rings. The Labute approximate surface area is 379 Å². The van der Waals surface area contributed by atoms with Gasteiger partial charge in [0.05, 0.1) is 23.2 Å². The van der Waals surface area contributed by atoms with Crippen molar-refractivity contribution in [2.24, 2.45) is 51.2 Å². The number of hydrogen-bond donors (Lipinski definition) is 3. The van der Waals surface area contributed by atoms with Crippen LogP contribution in [0.1, 0.15) is 167 Å². The molecule has 0 saturated heterocycles. The highest BCUT2D eigenvalue weighted by Crippen LogP contribution is 2.72. The number of fused-ring (bicyclic) bond motifs is 1. The van der Waals surface area contributed by atoms with Crippen molar-refractivity contribution in [3.8, 4) is 0 Å². The molecular formula is C56H80O7. The van der Waals surface area contributed by atoms with Gasteiger partial charge >= 0.3 is 11.9 Å². The molecule has 2 spiro atoms. The summed E-state index contributed by atoms with van der Waals surface area (Å²) in [6.45, 7) is 8.36. The number of carbonyl (C=O) groups is 2. The van der Waals surface area contributed by atoms with Crippen molar-refractivity contribution in [2.45, 2.75) is 193 Å². The molecule has 10 atom stereocenters. The van der Waals surface area contributed by atoms with Crippen molar-refractivity contribution in [3.63, 3.8) is 0 Å². The zero-order chi connectivity index (χ0) is 44.5. The number of hydrogen-bond acceptors (Lipinski definition) is 7. The zero-order valence-electron chi connectivity index (χ0n) is 39.2. The van der Waals surface area contributed by atoms with Crippen LogP contribution in [0.15, 0.2) is 72.3 Å². The minimum Gasteiger partial charge on any atom is -0.462 e. The van der Waals surface area contributed by atoms with E-state index in [1.54, 1.807) is 6.08 Å². The molecule has 1 heterocycles. The summed E-state index contributed by atoms with van der Waals surface area (Å²) in [5.41, 5.74) is 1.23. The molecule has 5 aliphatic carbocycles. The van der Waals surface area contributed by atoms with Gasteiger partial charge in [0.1, 0.15) is 12.7 Å². The summed E-state index contributed by atoms with van der Waals surface area (Å²) in [6, 6.07) is 21.7. The molecule has 2 aromatic carbocycles. The quantitative estimate of drug-likeness (QED) is 0.144. The van der Waals surface area contributed by atoms with E-state index < -0.39 is 35.2 Å². The van der Waals surface area contributed by atoms with E-state index >= 15 is 0 Å².